The van der Waals surface area contributed by atoms with E-state index in [-0.39, 0.29) is 17.5 Å². The van der Waals surface area contributed by atoms with Gasteiger partial charge in [-0.1, -0.05) is 25.5 Å². The van der Waals surface area contributed by atoms with Crippen molar-refractivity contribution in [1.29, 1.82) is 0 Å². The average Bonchev–Trinajstić information content (AvgIpc) is 2.46. The molecule has 19 heavy (non-hydrogen) atoms. The summed E-state index contributed by atoms with van der Waals surface area (Å²) in [5.74, 6) is 0.0104. The van der Waals surface area contributed by atoms with Crippen molar-refractivity contribution in [3.63, 3.8) is 0 Å². The van der Waals surface area contributed by atoms with E-state index in [9.17, 15) is 4.79 Å². The SMILES string of the molecule is CCCCNC(=O)c1nc2ccccc2nc1OC. The van der Waals surface area contributed by atoms with Crippen molar-refractivity contribution < 1.29 is 9.53 Å². The molecule has 5 heteroatoms. The number of benzene rings is 1. The zero-order valence-corrected chi connectivity index (χ0v) is 11.1. The Labute approximate surface area is 112 Å². The summed E-state index contributed by atoms with van der Waals surface area (Å²) in [6.07, 6.45) is 1.97. The van der Waals surface area contributed by atoms with Gasteiger partial charge in [0.1, 0.15) is 0 Å². The zero-order chi connectivity index (χ0) is 13.7. The second-order valence-electron chi connectivity index (χ2n) is 4.18. The number of hydrogen-bond donors (Lipinski definition) is 1. The van der Waals surface area contributed by atoms with Crippen molar-refractivity contribution >= 4 is 16.9 Å². The molecule has 0 fully saturated rings. The van der Waals surface area contributed by atoms with Gasteiger partial charge in [0.05, 0.1) is 18.1 Å². The van der Waals surface area contributed by atoms with E-state index in [0.29, 0.717) is 17.6 Å². The number of aromatic nitrogens is 2. The first-order valence-electron chi connectivity index (χ1n) is 6.35. The number of carbonyl (C=O) groups is 1. The highest BCUT2D eigenvalue weighted by Crippen LogP contribution is 2.18. The fraction of sp³-hybridized carbons (Fsp3) is 0.357. The van der Waals surface area contributed by atoms with Gasteiger partial charge >= 0.3 is 0 Å². The maximum absolute atomic E-state index is 12.0. The summed E-state index contributed by atoms with van der Waals surface area (Å²) in [4.78, 5) is 20.7. The number of amides is 1. The summed E-state index contributed by atoms with van der Waals surface area (Å²) in [5, 5.41) is 2.82. The third kappa shape index (κ3) is 2.99. The smallest absolute Gasteiger partial charge is 0.275 e. The minimum Gasteiger partial charge on any atom is -0.479 e. The van der Waals surface area contributed by atoms with Crippen LogP contribution >= 0.6 is 0 Å². The van der Waals surface area contributed by atoms with Crippen LogP contribution in [0.15, 0.2) is 24.3 Å². The number of rotatable bonds is 5. The molecule has 100 valence electrons. The lowest BCUT2D eigenvalue weighted by atomic mass is 10.2. The van der Waals surface area contributed by atoms with E-state index < -0.39 is 0 Å². The lowest BCUT2D eigenvalue weighted by Gasteiger charge is -2.08. The summed E-state index contributed by atoms with van der Waals surface area (Å²) in [5.41, 5.74) is 1.63. The molecular weight excluding hydrogens is 242 g/mol. The number of fused-ring (bicyclic) bond motifs is 1. The predicted molar refractivity (Wildman–Crippen MR) is 73.3 cm³/mol. The molecule has 1 aromatic carbocycles. The summed E-state index contributed by atoms with van der Waals surface area (Å²) >= 11 is 0. The minimum absolute atomic E-state index is 0.234. The third-order valence-electron chi connectivity index (χ3n) is 2.76. The molecule has 0 aliphatic rings. The van der Waals surface area contributed by atoms with E-state index in [1.54, 1.807) is 0 Å². The van der Waals surface area contributed by atoms with E-state index in [4.69, 9.17) is 4.74 Å². The first-order chi connectivity index (χ1) is 9.26. The van der Waals surface area contributed by atoms with Gasteiger partial charge in [0.15, 0.2) is 5.69 Å². The van der Waals surface area contributed by atoms with Crippen LogP contribution < -0.4 is 10.1 Å². The Balaban J connectivity index is 2.32. The van der Waals surface area contributed by atoms with Gasteiger partial charge in [0.25, 0.3) is 5.91 Å². The highest BCUT2D eigenvalue weighted by atomic mass is 16.5. The monoisotopic (exact) mass is 259 g/mol. The number of carbonyl (C=O) groups excluding carboxylic acids is 1. The molecule has 0 atom stereocenters. The molecule has 1 heterocycles. The first-order valence-corrected chi connectivity index (χ1v) is 6.35. The molecule has 5 nitrogen and oxygen atoms in total. The predicted octanol–water partition coefficient (Wildman–Crippen LogP) is 2.17. The van der Waals surface area contributed by atoms with Crippen LogP contribution in [-0.4, -0.2) is 29.5 Å². The molecular formula is C14H17N3O2. The molecule has 0 aliphatic heterocycles. The molecule has 1 amide bonds. The zero-order valence-electron chi connectivity index (χ0n) is 11.1. The van der Waals surface area contributed by atoms with Gasteiger partial charge in [-0.15, -0.1) is 0 Å². The molecule has 2 aromatic rings. The minimum atomic E-state index is -0.247. The number of methoxy groups -OCH3 is 1. The van der Waals surface area contributed by atoms with Gasteiger partial charge in [0.2, 0.25) is 5.88 Å². The van der Waals surface area contributed by atoms with Crippen molar-refractivity contribution in [1.82, 2.24) is 15.3 Å². The van der Waals surface area contributed by atoms with Gasteiger partial charge in [-0.25, -0.2) is 9.97 Å². The first kappa shape index (κ1) is 13.3. The Morgan fingerprint density at radius 3 is 2.58 bits per heavy atom. The summed E-state index contributed by atoms with van der Waals surface area (Å²) < 4.78 is 5.15. The lowest BCUT2D eigenvalue weighted by molar-refractivity contribution is 0.0944. The number of ether oxygens (including phenoxy) is 1. The van der Waals surface area contributed by atoms with Crippen molar-refractivity contribution in [2.24, 2.45) is 0 Å². The molecule has 0 aliphatic carbocycles. The number of hydrogen-bond acceptors (Lipinski definition) is 4. The highest BCUT2D eigenvalue weighted by molar-refractivity contribution is 5.96. The second kappa shape index (κ2) is 6.13. The Hall–Kier alpha value is -2.17. The summed E-state index contributed by atoms with van der Waals surface area (Å²) in [6.45, 7) is 2.70. The van der Waals surface area contributed by atoms with E-state index in [1.807, 2.05) is 24.3 Å². The van der Waals surface area contributed by atoms with Crippen LogP contribution in [0.3, 0.4) is 0 Å². The van der Waals surface area contributed by atoms with Crippen molar-refractivity contribution in [3.8, 4) is 5.88 Å². The summed E-state index contributed by atoms with van der Waals surface area (Å²) in [7, 11) is 1.49. The maximum Gasteiger partial charge on any atom is 0.275 e. The van der Waals surface area contributed by atoms with Gasteiger partial charge in [-0.3, -0.25) is 4.79 Å². The maximum atomic E-state index is 12.0. The van der Waals surface area contributed by atoms with E-state index >= 15 is 0 Å². The van der Waals surface area contributed by atoms with Crippen molar-refractivity contribution in [2.45, 2.75) is 19.8 Å². The van der Waals surface area contributed by atoms with Crippen LogP contribution in [0.25, 0.3) is 11.0 Å². The fourth-order valence-electron chi connectivity index (χ4n) is 1.74. The number of nitrogens with zero attached hydrogens (tertiary/aromatic N) is 2. The van der Waals surface area contributed by atoms with E-state index in [2.05, 4.69) is 22.2 Å². The Bertz CT molecular complexity index is 584. The van der Waals surface area contributed by atoms with E-state index in [1.165, 1.54) is 7.11 Å². The average molecular weight is 259 g/mol. The third-order valence-corrected chi connectivity index (χ3v) is 2.76. The van der Waals surface area contributed by atoms with Crippen LogP contribution in [0, 0.1) is 0 Å². The molecule has 0 spiro atoms. The van der Waals surface area contributed by atoms with Gasteiger partial charge < -0.3 is 10.1 Å². The Morgan fingerprint density at radius 2 is 1.95 bits per heavy atom. The van der Waals surface area contributed by atoms with Gasteiger partial charge in [0, 0.05) is 6.54 Å². The fourth-order valence-corrected chi connectivity index (χ4v) is 1.74. The van der Waals surface area contributed by atoms with Crippen molar-refractivity contribution in [2.75, 3.05) is 13.7 Å². The van der Waals surface area contributed by atoms with Crippen LogP contribution in [0.4, 0.5) is 0 Å². The molecule has 1 aromatic heterocycles. The normalized spacial score (nSPS) is 10.4. The Morgan fingerprint density at radius 1 is 1.26 bits per heavy atom. The number of nitrogens with one attached hydrogen (secondary N) is 1. The molecule has 0 radical (unpaired) electrons. The molecule has 0 unspecified atom stereocenters. The van der Waals surface area contributed by atoms with Crippen molar-refractivity contribution in [3.05, 3.63) is 30.0 Å². The number of para-hydroxylation sites is 2. The molecule has 1 N–H and O–H groups in total. The second-order valence-corrected chi connectivity index (χ2v) is 4.18. The van der Waals surface area contributed by atoms with E-state index in [0.717, 1.165) is 12.8 Å². The molecule has 2 rings (SSSR count). The lowest BCUT2D eigenvalue weighted by Crippen LogP contribution is -2.26. The molecule has 0 saturated heterocycles. The van der Waals surface area contributed by atoms with Crippen LogP contribution in [0.2, 0.25) is 0 Å². The highest BCUT2D eigenvalue weighted by Gasteiger charge is 2.16. The number of unbranched alkanes of at least 4 members (excludes halogenated alkanes) is 1. The van der Waals surface area contributed by atoms with Gasteiger partial charge in [-0.2, -0.15) is 0 Å². The van der Waals surface area contributed by atoms with Gasteiger partial charge in [-0.05, 0) is 18.6 Å². The molecule has 0 saturated carbocycles. The molecule has 0 bridgehead atoms. The van der Waals surface area contributed by atoms with Crippen LogP contribution in [0.1, 0.15) is 30.3 Å². The Kier molecular flexibility index (Phi) is 4.28. The topological polar surface area (TPSA) is 64.1 Å². The van der Waals surface area contributed by atoms with Crippen LogP contribution in [0.5, 0.6) is 5.88 Å². The standard InChI is InChI=1S/C14H17N3O2/c1-3-4-9-15-13(18)12-14(19-2)17-11-8-6-5-7-10(11)16-12/h5-8H,3-4,9H2,1-2H3,(H,15,18). The largest absolute Gasteiger partial charge is 0.479 e. The quantitative estimate of drug-likeness (QED) is 0.836. The summed E-state index contributed by atoms with van der Waals surface area (Å²) in [6, 6.07) is 7.40. The van der Waals surface area contributed by atoms with Crippen LogP contribution in [-0.2, 0) is 0 Å².